The van der Waals surface area contributed by atoms with Crippen LogP contribution in [0.25, 0.3) is 0 Å². The monoisotopic (exact) mass is 294 g/mol. The Kier molecular flexibility index (Phi) is 3.25. The Balaban J connectivity index is 2.05. The van der Waals surface area contributed by atoms with Crippen molar-refractivity contribution in [3.05, 3.63) is 64.7 Å². The number of anilines is 1. The summed E-state index contributed by atoms with van der Waals surface area (Å²) in [5.41, 5.74) is 2.50. The Labute approximate surface area is 127 Å². The van der Waals surface area contributed by atoms with Gasteiger partial charge in [-0.05, 0) is 37.3 Å². The fourth-order valence-corrected chi connectivity index (χ4v) is 2.45. The van der Waals surface area contributed by atoms with Gasteiger partial charge in [0, 0.05) is 12.6 Å². The maximum absolute atomic E-state index is 12.5. The van der Waals surface area contributed by atoms with Crippen molar-refractivity contribution in [3.8, 4) is 0 Å². The Hall–Kier alpha value is -2.95. The lowest BCUT2D eigenvalue weighted by Gasteiger charge is -2.13. The summed E-state index contributed by atoms with van der Waals surface area (Å²) in [7, 11) is 1.52. The fourth-order valence-electron chi connectivity index (χ4n) is 2.45. The molecular formula is C17H14N2O3. The minimum atomic E-state index is -0.408. The summed E-state index contributed by atoms with van der Waals surface area (Å²) in [5.74, 6) is -1.07. The smallest absolute Gasteiger partial charge is 0.266 e. The third-order valence-electron chi connectivity index (χ3n) is 3.67. The van der Waals surface area contributed by atoms with E-state index in [9.17, 15) is 14.4 Å². The molecule has 0 saturated heterocycles. The number of hydrogen-bond donors (Lipinski definition) is 1. The van der Waals surface area contributed by atoms with Gasteiger partial charge in [0.25, 0.3) is 17.7 Å². The zero-order valence-electron chi connectivity index (χ0n) is 12.2. The maximum atomic E-state index is 12.5. The summed E-state index contributed by atoms with van der Waals surface area (Å²) < 4.78 is 0. The van der Waals surface area contributed by atoms with E-state index >= 15 is 0 Å². The van der Waals surface area contributed by atoms with Crippen molar-refractivity contribution in [2.45, 2.75) is 6.92 Å². The maximum Gasteiger partial charge on any atom is 0.266 e. The van der Waals surface area contributed by atoms with Crippen molar-refractivity contribution in [1.29, 1.82) is 0 Å². The molecule has 22 heavy (non-hydrogen) atoms. The van der Waals surface area contributed by atoms with Gasteiger partial charge in [-0.15, -0.1) is 0 Å². The number of nitrogens with zero attached hydrogens (tertiary/aromatic N) is 1. The molecule has 5 heteroatoms. The number of amides is 3. The van der Waals surface area contributed by atoms with Crippen LogP contribution < -0.4 is 10.2 Å². The molecule has 2 aromatic rings. The van der Waals surface area contributed by atoms with Crippen LogP contribution in [0.3, 0.4) is 0 Å². The predicted octanol–water partition coefficient (Wildman–Crippen LogP) is 2.16. The number of benzene rings is 2. The number of rotatable bonds is 2. The summed E-state index contributed by atoms with van der Waals surface area (Å²) in [6.45, 7) is 1.93. The van der Waals surface area contributed by atoms with Gasteiger partial charge in [0.2, 0.25) is 0 Å². The van der Waals surface area contributed by atoms with E-state index < -0.39 is 5.91 Å². The number of carbonyl (C=O) groups is 3. The van der Waals surface area contributed by atoms with Crippen LogP contribution in [0.1, 0.15) is 36.6 Å². The molecule has 2 aromatic carbocycles. The van der Waals surface area contributed by atoms with Crippen LogP contribution >= 0.6 is 0 Å². The molecule has 0 atom stereocenters. The predicted molar refractivity (Wildman–Crippen MR) is 82.2 cm³/mol. The van der Waals surface area contributed by atoms with Gasteiger partial charge in [0.1, 0.15) is 0 Å². The highest BCUT2D eigenvalue weighted by Crippen LogP contribution is 2.29. The molecule has 1 aliphatic rings. The van der Waals surface area contributed by atoms with Crippen molar-refractivity contribution in [2.24, 2.45) is 0 Å². The topological polar surface area (TPSA) is 66.5 Å². The second-order valence-electron chi connectivity index (χ2n) is 5.12. The minimum Gasteiger partial charge on any atom is -0.355 e. The van der Waals surface area contributed by atoms with Crippen molar-refractivity contribution in [2.75, 3.05) is 11.9 Å². The van der Waals surface area contributed by atoms with Crippen LogP contribution in [-0.2, 0) is 0 Å². The summed E-state index contributed by atoms with van der Waals surface area (Å²) >= 11 is 0. The molecule has 1 N–H and O–H groups in total. The molecule has 5 nitrogen and oxygen atoms in total. The molecule has 0 spiro atoms. The molecule has 0 radical (unpaired) electrons. The van der Waals surface area contributed by atoms with Gasteiger partial charge < -0.3 is 5.32 Å². The minimum absolute atomic E-state index is 0.256. The van der Waals surface area contributed by atoms with E-state index in [1.54, 1.807) is 18.2 Å². The highest BCUT2D eigenvalue weighted by molar-refractivity contribution is 6.34. The lowest BCUT2D eigenvalue weighted by atomic mass is 10.1. The van der Waals surface area contributed by atoms with Gasteiger partial charge in [-0.2, -0.15) is 0 Å². The second kappa shape index (κ2) is 5.11. The average Bonchev–Trinajstić information content (AvgIpc) is 2.79. The van der Waals surface area contributed by atoms with Gasteiger partial charge in [0.15, 0.2) is 0 Å². The van der Waals surface area contributed by atoms with E-state index in [0.29, 0.717) is 16.8 Å². The number of fused-ring (bicyclic) bond motifs is 1. The Bertz CT molecular complexity index is 794. The van der Waals surface area contributed by atoms with Crippen molar-refractivity contribution in [3.63, 3.8) is 0 Å². The van der Waals surface area contributed by atoms with Crippen LogP contribution in [0.2, 0.25) is 0 Å². The largest absolute Gasteiger partial charge is 0.355 e. The molecule has 1 heterocycles. The Morgan fingerprint density at radius 3 is 2.23 bits per heavy atom. The molecule has 0 bridgehead atoms. The van der Waals surface area contributed by atoms with E-state index in [1.165, 1.54) is 19.2 Å². The van der Waals surface area contributed by atoms with Gasteiger partial charge >= 0.3 is 0 Å². The zero-order chi connectivity index (χ0) is 15.9. The van der Waals surface area contributed by atoms with Crippen LogP contribution in [0, 0.1) is 6.92 Å². The summed E-state index contributed by atoms with van der Waals surface area (Å²) in [6.07, 6.45) is 0. The average molecular weight is 294 g/mol. The van der Waals surface area contributed by atoms with Crippen LogP contribution in [0.4, 0.5) is 5.69 Å². The number of imide groups is 1. The number of carbonyl (C=O) groups excluding carboxylic acids is 3. The quantitative estimate of drug-likeness (QED) is 0.863. The zero-order valence-corrected chi connectivity index (χ0v) is 12.2. The van der Waals surface area contributed by atoms with Gasteiger partial charge in [-0.3, -0.25) is 14.4 Å². The Morgan fingerprint density at radius 2 is 1.59 bits per heavy atom. The first-order valence-electron chi connectivity index (χ1n) is 6.84. The molecular weight excluding hydrogens is 280 g/mol. The van der Waals surface area contributed by atoms with E-state index in [2.05, 4.69) is 5.32 Å². The Morgan fingerprint density at radius 1 is 0.955 bits per heavy atom. The number of nitrogens with one attached hydrogen (secondary N) is 1. The SMILES string of the molecule is CNC(=O)c1ccc2c(c1)C(=O)N(c1ccc(C)cc1)C2=O. The first-order valence-corrected chi connectivity index (χ1v) is 6.84. The van der Waals surface area contributed by atoms with Crippen molar-refractivity contribution < 1.29 is 14.4 Å². The first-order chi connectivity index (χ1) is 10.5. The standard InChI is InChI=1S/C17H14N2O3/c1-10-3-6-12(7-4-10)19-16(21)13-8-5-11(15(20)18-2)9-14(13)17(19)22/h3-9H,1-2H3,(H,18,20). The number of aryl methyl sites for hydroxylation is 1. The molecule has 0 aromatic heterocycles. The number of hydrogen-bond acceptors (Lipinski definition) is 3. The molecule has 1 aliphatic heterocycles. The van der Waals surface area contributed by atoms with E-state index in [1.807, 2.05) is 19.1 Å². The normalized spacial score (nSPS) is 13.3. The van der Waals surface area contributed by atoms with E-state index in [-0.39, 0.29) is 17.4 Å². The molecule has 3 rings (SSSR count). The highest BCUT2D eigenvalue weighted by atomic mass is 16.2. The molecule has 0 saturated carbocycles. The van der Waals surface area contributed by atoms with E-state index in [4.69, 9.17) is 0 Å². The van der Waals surface area contributed by atoms with Crippen LogP contribution in [0.15, 0.2) is 42.5 Å². The van der Waals surface area contributed by atoms with Gasteiger partial charge in [-0.25, -0.2) is 4.90 Å². The third kappa shape index (κ3) is 2.07. The van der Waals surface area contributed by atoms with Crippen molar-refractivity contribution >= 4 is 23.4 Å². The fraction of sp³-hybridized carbons (Fsp3) is 0.118. The highest BCUT2D eigenvalue weighted by Gasteiger charge is 2.37. The molecule has 0 fully saturated rings. The summed E-state index contributed by atoms with van der Waals surface area (Å²) in [4.78, 5) is 37.8. The summed E-state index contributed by atoms with van der Waals surface area (Å²) in [6, 6.07) is 11.7. The van der Waals surface area contributed by atoms with Crippen molar-refractivity contribution in [1.82, 2.24) is 5.32 Å². The van der Waals surface area contributed by atoms with Gasteiger partial charge in [-0.1, -0.05) is 17.7 Å². The molecule has 110 valence electrons. The molecule has 0 unspecified atom stereocenters. The van der Waals surface area contributed by atoms with Crippen LogP contribution in [-0.4, -0.2) is 24.8 Å². The second-order valence-corrected chi connectivity index (χ2v) is 5.12. The molecule has 3 amide bonds. The van der Waals surface area contributed by atoms with Gasteiger partial charge in [0.05, 0.1) is 16.8 Å². The molecule has 0 aliphatic carbocycles. The third-order valence-corrected chi connectivity index (χ3v) is 3.67. The van der Waals surface area contributed by atoms with E-state index in [0.717, 1.165) is 10.5 Å². The lowest BCUT2D eigenvalue weighted by Crippen LogP contribution is -2.29. The first kappa shape index (κ1) is 14.0. The van der Waals surface area contributed by atoms with Crippen LogP contribution in [0.5, 0.6) is 0 Å². The lowest BCUT2D eigenvalue weighted by molar-refractivity contribution is 0.0924. The summed E-state index contributed by atoms with van der Waals surface area (Å²) in [5, 5.41) is 2.50.